The Morgan fingerprint density at radius 1 is 1.44 bits per heavy atom. The summed E-state index contributed by atoms with van der Waals surface area (Å²) in [6.07, 6.45) is 1.04. The van der Waals surface area contributed by atoms with Crippen molar-refractivity contribution in [3.63, 3.8) is 0 Å². The zero-order valence-corrected chi connectivity index (χ0v) is 15.6. The number of likely N-dealkylation sites (tertiary alicyclic amines) is 1. The number of piperidine rings is 1. The summed E-state index contributed by atoms with van der Waals surface area (Å²) in [5.41, 5.74) is 0.944. The second-order valence-electron chi connectivity index (χ2n) is 5.87. The van der Waals surface area contributed by atoms with Crippen molar-refractivity contribution in [2.24, 2.45) is 5.92 Å². The van der Waals surface area contributed by atoms with Gasteiger partial charge in [-0.15, -0.1) is 0 Å². The van der Waals surface area contributed by atoms with Crippen molar-refractivity contribution < 1.29 is 19.1 Å². The van der Waals surface area contributed by atoms with Crippen LogP contribution in [-0.4, -0.2) is 49.7 Å². The number of benzene rings is 1. The quantitative estimate of drug-likeness (QED) is 0.456. The summed E-state index contributed by atoms with van der Waals surface area (Å²) in [5.74, 6) is 0.105. The Morgan fingerprint density at radius 3 is 2.92 bits per heavy atom. The molecule has 0 aliphatic carbocycles. The fourth-order valence-corrected chi connectivity index (χ4v) is 3.37. The standard InChI is InChI=1S/C17H22Cl2N2O4/c1-24-17(23)20-7-9-25-15(12-4-2-6-14(18)10-12)13-5-3-8-21(11-13)16(19)22/h2,4,6,10,13,15H,3,5,7-9,11H2,1H3,(H,20,23). The highest BCUT2D eigenvalue weighted by Crippen LogP contribution is 2.34. The number of amides is 2. The van der Waals surface area contributed by atoms with Crippen LogP contribution in [0.1, 0.15) is 24.5 Å². The van der Waals surface area contributed by atoms with E-state index in [2.05, 4.69) is 10.1 Å². The smallest absolute Gasteiger partial charge is 0.406 e. The lowest BCUT2D eigenvalue weighted by Gasteiger charge is -2.36. The van der Waals surface area contributed by atoms with E-state index in [0.717, 1.165) is 18.4 Å². The van der Waals surface area contributed by atoms with Gasteiger partial charge in [-0.3, -0.25) is 4.79 Å². The number of rotatable bonds is 6. The fourth-order valence-electron chi connectivity index (χ4n) is 3.02. The van der Waals surface area contributed by atoms with Crippen LogP contribution in [0.3, 0.4) is 0 Å². The molecule has 1 aromatic rings. The first kappa shape index (κ1) is 19.8. The molecule has 1 aliphatic heterocycles. The number of carbonyl (C=O) groups excluding carboxylic acids is 2. The lowest BCUT2D eigenvalue weighted by atomic mass is 9.88. The van der Waals surface area contributed by atoms with Gasteiger partial charge in [-0.1, -0.05) is 23.7 Å². The Morgan fingerprint density at radius 2 is 2.24 bits per heavy atom. The summed E-state index contributed by atoms with van der Waals surface area (Å²) in [6.45, 7) is 1.83. The number of alkyl carbamates (subject to hydrolysis) is 1. The molecule has 2 amide bonds. The molecule has 1 N–H and O–H groups in total. The number of ether oxygens (including phenoxy) is 2. The van der Waals surface area contributed by atoms with Crippen LogP contribution in [0.4, 0.5) is 9.59 Å². The van der Waals surface area contributed by atoms with E-state index in [1.807, 2.05) is 18.2 Å². The number of hydrogen-bond donors (Lipinski definition) is 1. The molecule has 138 valence electrons. The van der Waals surface area contributed by atoms with E-state index < -0.39 is 11.5 Å². The van der Waals surface area contributed by atoms with E-state index in [1.165, 1.54) is 7.11 Å². The maximum absolute atomic E-state index is 11.5. The van der Waals surface area contributed by atoms with Crippen LogP contribution in [0.15, 0.2) is 24.3 Å². The molecule has 0 aromatic heterocycles. The molecule has 0 spiro atoms. The van der Waals surface area contributed by atoms with Gasteiger partial charge in [0.15, 0.2) is 0 Å². The zero-order valence-electron chi connectivity index (χ0n) is 14.0. The summed E-state index contributed by atoms with van der Waals surface area (Å²) in [6, 6.07) is 7.48. The van der Waals surface area contributed by atoms with Gasteiger partial charge in [0.05, 0.1) is 19.8 Å². The Labute approximate surface area is 157 Å². The minimum absolute atomic E-state index is 0.105. The summed E-state index contributed by atoms with van der Waals surface area (Å²) < 4.78 is 10.6. The van der Waals surface area contributed by atoms with Gasteiger partial charge in [-0.25, -0.2) is 4.79 Å². The van der Waals surface area contributed by atoms with E-state index in [0.29, 0.717) is 31.3 Å². The summed E-state index contributed by atoms with van der Waals surface area (Å²) in [4.78, 5) is 24.2. The minimum Gasteiger partial charge on any atom is -0.453 e. The highest BCUT2D eigenvalue weighted by atomic mass is 35.5. The van der Waals surface area contributed by atoms with Crippen LogP contribution >= 0.6 is 23.2 Å². The predicted molar refractivity (Wildman–Crippen MR) is 96.1 cm³/mol. The van der Waals surface area contributed by atoms with Crippen molar-refractivity contribution >= 4 is 34.7 Å². The van der Waals surface area contributed by atoms with E-state index in [-0.39, 0.29) is 12.0 Å². The Kier molecular flexibility index (Phi) is 7.81. The van der Waals surface area contributed by atoms with Gasteiger partial charge >= 0.3 is 11.5 Å². The second-order valence-corrected chi connectivity index (χ2v) is 6.63. The highest BCUT2D eigenvalue weighted by molar-refractivity contribution is 6.62. The molecule has 1 aromatic carbocycles. The summed E-state index contributed by atoms with van der Waals surface area (Å²) >= 11 is 11.8. The van der Waals surface area contributed by atoms with Crippen molar-refractivity contribution in [2.75, 3.05) is 33.4 Å². The molecule has 25 heavy (non-hydrogen) atoms. The molecule has 1 fully saturated rings. The molecule has 2 unspecified atom stereocenters. The topological polar surface area (TPSA) is 67.9 Å². The number of halogens is 2. The average molecular weight is 389 g/mol. The van der Waals surface area contributed by atoms with Gasteiger partial charge in [0.25, 0.3) is 0 Å². The van der Waals surface area contributed by atoms with Gasteiger partial charge in [0.2, 0.25) is 0 Å². The van der Waals surface area contributed by atoms with Gasteiger partial charge < -0.3 is 19.7 Å². The largest absolute Gasteiger partial charge is 0.453 e. The van der Waals surface area contributed by atoms with Crippen LogP contribution in [0, 0.1) is 5.92 Å². The van der Waals surface area contributed by atoms with Gasteiger partial charge in [0, 0.05) is 30.6 Å². The van der Waals surface area contributed by atoms with Crippen molar-refractivity contribution in [1.29, 1.82) is 0 Å². The molecule has 1 aliphatic rings. The van der Waals surface area contributed by atoms with Crippen LogP contribution < -0.4 is 5.32 Å². The molecule has 8 heteroatoms. The van der Waals surface area contributed by atoms with Crippen molar-refractivity contribution in [3.05, 3.63) is 34.9 Å². The van der Waals surface area contributed by atoms with Crippen molar-refractivity contribution in [1.82, 2.24) is 10.2 Å². The molecule has 0 radical (unpaired) electrons. The summed E-state index contributed by atoms with van der Waals surface area (Å²) in [5, 5.41) is 2.76. The van der Waals surface area contributed by atoms with Gasteiger partial charge in [-0.2, -0.15) is 0 Å². The molecule has 0 bridgehead atoms. The van der Waals surface area contributed by atoms with Crippen LogP contribution in [0.5, 0.6) is 0 Å². The molecule has 2 rings (SSSR count). The number of carbonyl (C=O) groups is 2. The molecule has 1 saturated heterocycles. The maximum atomic E-state index is 11.5. The van der Waals surface area contributed by atoms with Gasteiger partial charge in [0.1, 0.15) is 0 Å². The van der Waals surface area contributed by atoms with E-state index in [1.54, 1.807) is 11.0 Å². The first-order valence-electron chi connectivity index (χ1n) is 8.14. The number of hydrogen-bond acceptors (Lipinski definition) is 4. The van der Waals surface area contributed by atoms with E-state index in [9.17, 15) is 9.59 Å². The third-order valence-corrected chi connectivity index (χ3v) is 4.64. The highest BCUT2D eigenvalue weighted by Gasteiger charge is 2.30. The van der Waals surface area contributed by atoms with Crippen LogP contribution in [0.25, 0.3) is 0 Å². The molecular weight excluding hydrogens is 367 g/mol. The Bertz CT molecular complexity index is 600. The molecule has 1 heterocycles. The van der Waals surface area contributed by atoms with Crippen molar-refractivity contribution in [2.45, 2.75) is 18.9 Å². The van der Waals surface area contributed by atoms with Gasteiger partial charge in [-0.05, 0) is 42.1 Å². The maximum Gasteiger partial charge on any atom is 0.406 e. The monoisotopic (exact) mass is 388 g/mol. The van der Waals surface area contributed by atoms with Crippen molar-refractivity contribution in [3.8, 4) is 0 Å². The second kappa shape index (κ2) is 9.85. The zero-order chi connectivity index (χ0) is 18.2. The fraction of sp³-hybridized carbons (Fsp3) is 0.529. The van der Waals surface area contributed by atoms with Crippen LogP contribution in [0.2, 0.25) is 5.02 Å². The first-order valence-corrected chi connectivity index (χ1v) is 8.90. The lowest BCUT2D eigenvalue weighted by molar-refractivity contribution is -0.00717. The molecule has 0 saturated carbocycles. The SMILES string of the molecule is COC(=O)NCCOC(c1cccc(Cl)c1)C1CCCN(C(=O)Cl)C1. The molecular formula is C17H22Cl2N2O4. The number of nitrogens with zero attached hydrogens (tertiary/aromatic N) is 1. The van der Waals surface area contributed by atoms with E-state index in [4.69, 9.17) is 27.9 Å². The third kappa shape index (κ3) is 6.06. The van der Waals surface area contributed by atoms with Crippen LogP contribution in [-0.2, 0) is 9.47 Å². The normalized spacial score (nSPS) is 18.5. The molecule has 6 nitrogen and oxygen atoms in total. The third-order valence-electron chi connectivity index (χ3n) is 4.17. The predicted octanol–water partition coefficient (Wildman–Crippen LogP) is 3.82. The Balaban J connectivity index is 2.06. The van der Waals surface area contributed by atoms with E-state index >= 15 is 0 Å². The number of methoxy groups -OCH3 is 1. The first-order chi connectivity index (χ1) is 12.0. The summed E-state index contributed by atoms with van der Waals surface area (Å²) in [7, 11) is 1.31. The molecule has 2 atom stereocenters. The Hall–Kier alpha value is -1.50. The average Bonchev–Trinajstić information content (AvgIpc) is 2.61. The number of nitrogens with one attached hydrogen (secondary N) is 1. The minimum atomic E-state index is -0.500. The lowest BCUT2D eigenvalue weighted by Crippen LogP contribution is -2.40.